The van der Waals surface area contributed by atoms with Crippen molar-refractivity contribution in [1.29, 1.82) is 0 Å². The van der Waals surface area contributed by atoms with Crippen molar-refractivity contribution < 1.29 is 0 Å². The smallest absolute Gasteiger partial charge is 0.00248 e. The Morgan fingerprint density at radius 1 is 1.07 bits per heavy atom. The van der Waals surface area contributed by atoms with Crippen LogP contribution in [0.25, 0.3) is 0 Å². The van der Waals surface area contributed by atoms with E-state index in [1.165, 1.54) is 51.7 Å². The van der Waals surface area contributed by atoms with Gasteiger partial charge in [-0.05, 0) is 58.9 Å². The summed E-state index contributed by atoms with van der Waals surface area (Å²) in [6.07, 6.45) is 7.05. The highest BCUT2D eigenvalue weighted by Gasteiger charge is 2.11. The number of hydrogen-bond donors (Lipinski definition) is 1. The number of rotatable bonds is 5. The molecule has 0 aromatic heterocycles. The molecule has 1 heterocycles. The first-order valence-corrected chi connectivity index (χ1v) is 6.64. The molecule has 0 atom stereocenters. The van der Waals surface area contributed by atoms with Crippen molar-refractivity contribution in [3.63, 3.8) is 0 Å². The third-order valence-corrected chi connectivity index (χ3v) is 2.93. The fraction of sp³-hybridized carbons (Fsp3) is 1.00. The first-order valence-electron chi connectivity index (χ1n) is 6.64. The van der Waals surface area contributed by atoms with E-state index in [-0.39, 0.29) is 0 Å². The van der Waals surface area contributed by atoms with Gasteiger partial charge >= 0.3 is 0 Å². The summed E-state index contributed by atoms with van der Waals surface area (Å²) < 4.78 is 0. The minimum atomic E-state index is 1.02. The highest BCUT2D eigenvalue weighted by Crippen LogP contribution is 2.18. The molecule has 0 aromatic carbocycles. The van der Waals surface area contributed by atoms with Crippen LogP contribution in [0.5, 0.6) is 0 Å². The van der Waals surface area contributed by atoms with Crippen LogP contribution < -0.4 is 5.32 Å². The van der Waals surface area contributed by atoms with Crippen LogP contribution >= 0.6 is 0 Å². The monoisotopic (exact) mass is 214 g/mol. The number of unbranched alkanes of at least 4 members (excludes halogenated alkanes) is 1. The molecular formula is C13H30N2. The zero-order valence-electron chi connectivity index (χ0n) is 11.2. The Kier molecular flexibility index (Phi) is 10.4. The van der Waals surface area contributed by atoms with Gasteiger partial charge in [-0.2, -0.15) is 0 Å². The summed E-state index contributed by atoms with van der Waals surface area (Å²) >= 11 is 0. The maximum absolute atomic E-state index is 3.42. The number of hydrogen-bond acceptors (Lipinski definition) is 2. The maximum atomic E-state index is 3.42. The summed E-state index contributed by atoms with van der Waals surface area (Å²) in [7, 11) is 4.31. The predicted octanol–water partition coefficient (Wildman–Crippen LogP) is 2.74. The Morgan fingerprint density at radius 2 is 1.67 bits per heavy atom. The number of nitrogens with zero attached hydrogens (tertiary/aromatic N) is 1. The van der Waals surface area contributed by atoms with Gasteiger partial charge in [0.2, 0.25) is 0 Å². The second-order valence-corrected chi connectivity index (χ2v) is 4.49. The van der Waals surface area contributed by atoms with Crippen LogP contribution in [0.15, 0.2) is 0 Å². The van der Waals surface area contributed by atoms with Crippen LogP contribution in [0.1, 0.15) is 46.0 Å². The van der Waals surface area contributed by atoms with Crippen molar-refractivity contribution in [3.05, 3.63) is 0 Å². The Labute approximate surface area is 96.4 Å². The third kappa shape index (κ3) is 8.88. The van der Waals surface area contributed by atoms with Crippen LogP contribution in [-0.2, 0) is 0 Å². The first-order chi connectivity index (χ1) is 7.29. The van der Waals surface area contributed by atoms with E-state index in [1.54, 1.807) is 0 Å². The molecule has 1 rings (SSSR count). The SMILES string of the molecule is CC.CN(C)CCCCC1CCNCC1. The Balaban J connectivity index is 0.000000921. The van der Waals surface area contributed by atoms with Gasteiger partial charge in [-0.1, -0.05) is 26.7 Å². The van der Waals surface area contributed by atoms with Crippen LogP contribution in [0.4, 0.5) is 0 Å². The molecule has 0 amide bonds. The van der Waals surface area contributed by atoms with E-state index in [9.17, 15) is 0 Å². The Bertz CT molecular complexity index is 118. The average molecular weight is 214 g/mol. The fourth-order valence-electron chi connectivity index (χ4n) is 2.03. The first kappa shape index (κ1) is 14.9. The van der Waals surface area contributed by atoms with Gasteiger partial charge in [-0.3, -0.25) is 0 Å². The van der Waals surface area contributed by atoms with Gasteiger partial charge in [0.15, 0.2) is 0 Å². The van der Waals surface area contributed by atoms with E-state index in [4.69, 9.17) is 0 Å². The minimum absolute atomic E-state index is 1.02. The molecule has 0 aromatic rings. The summed E-state index contributed by atoms with van der Waals surface area (Å²) in [5, 5.41) is 3.42. The quantitative estimate of drug-likeness (QED) is 0.708. The Morgan fingerprint density at radius 3 is 2.20 bits per heavy atom. The highest BCUT2D eigenvalue weighted by molar-refractivity contribution is 4.68. The molecule has 0 saturated carbocycles. The van der Waals surface area contributed by atoms with E-state index in [0.717, 1.165) is 5.92 Å². The van der Waals surface area contributed by atoms with Crippen molar-refractivity contribution in [1.82, 2.24) is 10.2 Å². The third-order valence-electron chi connectivity index (χ3n) is 2.93. The zero-order valence-corrected chi connectivity index (χ0v) is 11.2. The van der Waals surface area contributed by atoms with Crippen molar-refractivity contribution >= 4 is 0 Å². The van der Waals surface area contributed by atoms with Crippen molar-refractivity contribution in [2.75, 3.05) is 33.7 Å². The summed E-state index contributed by atoms with van der Waals surface area (Å²) in [4.78, 5) is 2.28. The molecule has 0 aliphatic carbocycles. The minimum Gasteiger partial charge on any atom is -0.317 e. The lowest BCUT2D eigenvalue weighted by Crippen LogP contribution is -2.27. The summed E-state index contributed by atoms with van der Waals surface area (Å²) in [6, 6.07) is 0. The molecule has 0 unspecified atom stereocenters. The molecular weight excluding hydrogens is 184 g/mol. The van der Waals surface area contributed by atoms with E-state index in [1.807, 2.05) is 13.8 Å². The molecule has 0 radical (unpaired) electrons. The van der Waals surface area contributed by atoms with Crippen LogP contribution in [0, 0.1) is 5.92 Å². The van der Waals surface area contributed by atoms with E-state index in [0.29, 0.717) is 0 Å². The maximum Gasteiger partial charge on any atom is -0.00248 e. The Hall–Kier alpha value is -0.0800. The molecule has 2 nitrogen and oxygen atoms in total. The molecule has 0 spiro atoms. The van der Waals surface area contributed by atoms with Gasteiger partial charge < -0.3 is 10.2 Å². The van der Waals surface area contributed by atoms with Crippen LogP contribution in [0.3, 0.4) is 0 Å². The fourth-order valence-corrected chi connectivity index (χ4v) is 2.03. The van der Waals surface area contributed by atoms with Gasteiger partial charge in [0.05, 0.1) is 0 Å². The number of piperidine rings is 1. The molecule has 1 aliphatic heterocycles. The van der Waals surface area contributed by atoms with E-state index < -0.39 is 0 Å². The number of nitrogens with one attached hydrogen (secondary N) is 1. The normalized spacial score (nSPS) is 17.4. The molecule has 0 bridgehead atoms. The lowest BCUT2D eigenvalue weighted by molar-refractivity contribution is 0.328. The summed E-state index contributed by atoms with van der Waals surface area (Å²) in [6.45, 7) is 7.75. The summed E-state index contributed by atoms with van der Waals surface area (Å²) in [5.74, 6) is 1.02. The van der Waals surface area contributed by atoms with Crippen LogP contribution in [0.2, 0.25) is 0 Å². The van der Waals surface area contributed by atoms with Crippen molar-refractivity contribution in [3.8, 4) is 0 Å². The molecule has 15 heavy (non-hydrogen) atoms. The molecule has 1 N–H and O–H groups in total. The van der Waals surface area contributed by atoms with Gasteiger partial charge in [-0.25, -0.2) is 0 Å². The lowest BCUT2D eigenvalue weighted by Gasteiger charge is -2.22. The lowest BCUT2D eigenvalue weighted by atomic mass is 9.92. The van der Waals surface area contributed by atoms with E-state index in [2.05, 4.69) is 24.3 Å². The standard InChI is InChI=1S/C11H24N2.C2H6/c1-13(2)10-4-3-5-11-6-8-12-9-7-11;1-2/h11-12H,3-10H2,1-2H3;1-2H3. The van der Waals surface area contributed by atoms with Gasteiger partial charge in [0.25, 0.3) is 0 Å². The van der Waals surface area contributed by atoms with Gasteiger partial charge in [0, 0.05) is 0 Å². The molecule has 92 valence electrons. The second kappa shape index (κ2) is 10.4. The largest absolute Gasteiger partial charge is 0.317 e. The van der Waals surface area contributed by atoms with Gasteiger partial charge in [0.1, 0.15) is 0 Å². The van der Waals surface area contributed by atoms with Crippen molar-refractivity contribution in [2.24, 2.45) is 5.92 Å². The highest BCUT2D eigenvalue weighted by atomic mass is 15.0. The molecule has 2 heteroatoms. The predicted molar refractivity (Wildman–Crippen MR) is 69.3 cm³/mol. The molecule has 1 fully saturated rings. The topological polar surface area (TPSA) is 15.3 Å². The molecule has 1 saturated heterocycles. The second-order valence-electron chi connectivity index (χ2n) is 4.49. The van der Waals surface area contributed by atoms with Crippen molar-refractivity contribution in [2.45, 2.75) is 46.0 Å². The van der Waals surface area contributed by atoms with Crippen LogP contribution in [-0.4, -0.2) is 38.6 Å². The molecule has 1 aliphatic rings. The van der Waals surface area contributed by atoms with Gasteiger partial charge in [-0.15, -0.1) is 0 Å². The van der Waals surface area contributed by atoms with E-state index >= 15 is 0 Å². The zero-order chi connectivity index (χ0) is 11.5. The average Bonchev–Trinajstić information content (AvgIpc) is 2.28. The summed E-state index contributed by atoms with van der Waals surface area (Å²) in [5.41, 5.74) is 0.